The van der Waals surface area contributed by atoms with Crippen LogP contribution in [0.3, 0.4) is 0 Å². The lowest BCUT2D eigenvalue weighted by Gasteiger charge is -2.16. The molecule has 0 aliphatic carbocycles. The Bertz CT molecular complexity index is 380. The molecule has 1 aromatic rings. The zero-order chi connectivity index (χ0) is 11.6. The Morgan fingerprint density at radius 1 is 1.47 bits per heavy atom. The fourth-order valence-electron chi connectivity index (χ4n) is 1.16. The van der Waals surface area contributed by atoms with E-state index in [4.69, 9.17) is 4.74 Å². The monoisotopic (exact) mass is 272 g/mol. The molecule has 3 nitrogen and oxygen atoms in total. The molecular formula is C11H13BrO3. The smallest absolute Gasteiger partial charge is 0.193 e. The Balaban J connectivity index is 3.08. The summed E-state index contributed by atoms with van der Waals surface area (Å²) in [5.41, 5.74) is -0.899. The minimum absolute atomic E-state index is 0.314. The number of carbonyl (C=O) groups is 1. The molecule has 0 spiro atoms. The molecule has 1 aromatic carbocycles. The van der Waals surface area contributed by atoms with Crippen LogP contribution in [0.15, 0.2) is 22.7 Å². The molecule has 4 heteroatoms. The largest absolute Gasteiger partial charge is 0.496 e. The molecule has 0 saturated heterocycles. The highest BCUT2D eigenvalue weighted by Gasteiger charge is 2.25. The first kappa shape index (κ1) is 12.2. The van der Waals surface area contributed by atoms with Gasteiger partial charge in [-0.05, 0) is 48.0 Å². The molecule has 0 aliphatic rings. The fourth-order valence-corrected chi connectivity index (χ4v) is 1.70. The van der Waals surface area contributed by atoms with Crippen LogP contribution in [0.5, 0.6) is 5.75 Å². The van der Waals surface area contributed by atoms with Crippen molar-refractivity contribution < 1.29 is 14.6 Å². The van der Waals surface area contributed by atoms with Crippen LogP contribution in [-0.2, 0) is 0 Å². The van der Waals surface area contributed by atoms with Gasteiger partial charge in [0.15, 0.2) is 5.78 Å². The molecule has 0 heterocycles. The van der Waals surface area contributed by atoms with Gasteiger partial charge in [0.2, 0.25) is 0 Å². The van der Waals surface area contributed by atoms with E-state index in [2.05, 4.69) is 15.9 Å². The predicted octanol–water partition coefficient (Wildman–Crippen LogP) is 2.41. The van der Waals surface area contributed by atoms with Crippen LogP contribution in [0.4, 0.5) is 0 Å². The van der Waals surface area contributed by atoms with E-state index in [1.165, 1.54) is 13.8 Å². The molecule has 0 unspecified atom stereocenters. The highest BCUT2D eigenvalue weighted by molar-refractivity contribution is 9.10. The van der Waals surface area contributed by atoms with Crippen molar-refractivity contribution in [3.63, 3.8) is 0 Å². The Labute approximate surface area is 97.2 Å². The molecule has 1 rings (SSSR count). The van der Waals surface area contributed by atoms with Gasteiger partial charge in [0, 0.05) is 5.56 Å². The van der Waals surface area contributed by atoms with E-state index in [1.54, 1.807) is 25.3 Å². The number of halogens is 1. The van der Waals surface area contributed by atoms with Crippen molar-refractivity contribution in [2.24, 2.45) is 0 Å². The summed E-state index contributed by atoms with van der Waals surface area (Å²) in [6.45, 7) is 2.93. The maximum Gasteiger partial charge on any atom is 0.193 e. The van der Waals surface area contributed by atoms with Crippen LogP contribution in [0.2, 0.25) is 0 Å². The number of rotatable bonds is 3. The minimum atomic E-state index is -1.35. The van der Waals surface area contributed by atoms with Crippen molar-refractivity contribution in [1.82, 2.24) is 0 Å². The predicted molar refractivity (Wildman–Crippen MR) is 61.3 cm³/mol. The van der Waals surface area contributed by atoms with E-state index in [-0.39, 0.29) is 5.78 Å². The number of ether oxygens (including phenoxy) is 1. The average Bonchev–Trinajstić information content (AvgIpc) is 2.15. The average molecular weight is 273 g/mol. The van der Waals surface area contributed by atoms with Crippen LogP contribution in [-0.4, -0.2) is 23.6 Å². The highest BCUT2D eigenvalue weighted by Crippen LogP contribution is 2.27. The lowest BCUT2D eigenvalue weighted by atomic mass is 9.97. The molecule has 0 bridgehead atoms. The molecule has 0 radical (unpaired) electrons. The van der Waals surface area contributed by atoms with Crippen LogP contribution in [0.1, 0.15) is 24.2 Å². The van der Waals surface area contributed by atoms with Crippen molar-refractivity contribution in [3.8, 4) is 5.75 Å². The summed E-state index contributed by atoms with van der Waals surface area (Å²) in [4.78, 5) is 11.7. The van der Waals surface area contributed by atoms with Gasteiger partial charge in [-0.3, -0.25) is 4.79 Å². The first-order valence-electron chi connectivity index (χ1n) is 4.47. The van der Waals surface area contributed by atoms with Crippen molar-refractivity contribution in [1.29, 1.82) is 0 Å². The van der Waals surface area contributed by atoms with Gasteiger partial charge in [-0.15, -0.1) is 0 Å². The van der Waals surface area contributed by atoms with Crippen LogP contribution < -0.4 is 4.74 Å². The first-order chi connectivity index (χ1) is 6.86. The molecule has 0 atom stereocenters. The van der Waals surface area contributed by atoms with Gasteiger partial charge < -0.3 is 9.84 Å². The Morgan fingerprint density at radius 3 is 2.47 bits per heavy atom. The van der Waals surface area contributed by atoms with Gasteiger partial charge in [0.1, 0.15) is 11.4 Å². The zero-order valence-corrected chi connectivity index (χ0v) is 10.5. The van der Waals surface area contributed by atoms with Gasteiger partial charge in [0.05, 0.1) is 11.6 Å². The SMILES string of the molecule is COc1ccc(C(=O)C(C)(C)O)cc1Br. The normalized spacial score (nSPS) is 11.3. The third-order valence-electron chi connectivity index (χ3n) is 1.97. The lowest BCUT2D eigenvalue weighted by Crippen LogP contribution is -2.31. The standard InChI is InChI=1S/C11H13BrO3/c1-11(2,14)10(13)7-4-5-9(15-3)8(12)6-7/h4-6,14H,1-3H3. The number of Topliss-reactive ketones (excluding diaryl/α,β-unsaturated/α-hetero) is 1. The second-order valence-electron chi connectivity index (χ2n) is 3.74. The summed E-state index contributed by atoms with van der Waals surface area (Å²) >= 11 is 3.28. The molecule has 0 amide bonds. The molecule has 0 aliphatic heterocycles. The number of methoxy groups -OCH3 is 1. The van der Waals surface area contributed by atoms with Crippen LogP contribution in [0.25, 0.3) is 0 Å². The first-order valence-corrected chi connectivity index (χ1v) is 5.26. The summed E-state index contributed by atoms with van der Waals surface area (Å²) < 4.78 is 5.74. The number of aliphatic hydroxyl groups is 1. The summed E-state index contributed by atoms with van der Waals surface area (Å²) in [6, 6.07) is 4.95. The van der Waals surface area contributed by atoms with Gasteiger partial charge in [0.25, 0.3) is 0 Å². The molecular weight excluding hydrogens is 260 g/mol. The third-order valence-corrected chi connectivity index (χ3v) is 2.59. The molecule has 0 saturated carbocycles. The molecule has 15 heavy (non-hydrogen) atoms. The van der Waals surface area contributed by atoms with E-state index in [0.717, 1.165) is 0 Å². The third kappa shape index (κ3) is 2.79. The van der Waals surface area contributed by atoms with Crippen LogP contribution in [0, 0.1) is 0 Å². The van der Waals surface area contributed by atoms with E-state index in [0.29, 0.717) is 15.8 Å². The topological polar surface area (TPSA) is 46.5 Å². The number of hydrogen-bond donors (Lipinski definition) is 1. The van der Waals surface area contributed by atoms with Gasteiger partial charge in [-0.1, -0.05) is 0 Å². The van der Waals surface area contributed by atoms with Crippen molar-refractivity contribution in [2.45, 2.75) is 19.4 Å². The summed E-state index contributed by atoms with van der Waals surface area (Å²) in [6.07, 6.45) is 0. The number of ketones is 1. The molecule has 0 aromatic heterocycles. The summed E-state index contributed by atoms with van der Waals surface area (Å²) in [5.74, 6) is 0.341. The number of hydrogen-bond acceptors (Lipinski definition) is 3. The van der Waals surface area contributed by atoms with E-state index < -0.39 is 5.60 Å². The number of benzene rings is 1. The fraction of sp³-hybridized carbons (Fsp3) is 0.364. The molecule has 1 N–H and O–H groups in total. The summed E-state index contributed by atoms with van der Waals surface area (Å²) in [5, 5.41) is 9.56. The Morgan fingerprint density at radius 2 is 2.07 bits per heavy atom. The van der Waals surface area contributed by atoms with E-state index in [1.807, 2.05) is 0 Å². The second kappa shape index (κ2) is 4.33. The quantitative estimate of drug-likeness (QED) is 0.860. The number of carbonyl (C=O) groups excluding carboxylic acids is 1. The maximum atomic E-state index is 11.7. The van der Waals surface area contributed by atoms with Crippen LogP contribution >= 0.6 is 15.9 Å². The van der Waals surface area contributed by atoms with Gasteiger partial charge in [-0.25, -0.2) is 0 Å². The second-order valence-corrected chi connectivity index (χ2v) is 4.59. The Kier molecular flexibility index (Phi) is 3.52. The minimum Gasteiger partial charge on any atom is -0.496 e. The van der Waals surface area contributed by atoms with Crippen molar-refractivity contribution >= 4 is 21.7 Å². The van der Waals surface area contributed by atoms with Gasteiger partial charge in [-0.2, -0.15) is 0 Å². The zero-order valence-electron chi connectivity index (χ0n) is 8.87. The lowest BCUT2D eigenvalue weighted by molar-refractivity contribution is 0.0488. The van der Waals surface area contributed by atoms with Crippen molar-refractivity contribution in [2.75, 3.05) is 7.11 Å². The maximum absolute atomic E-state index is 11.7. The summed E-state index contributed by atoms with van der Waals surface area (Å²) in [7, 11) is 1.55. The Hall–Kier alpha value is -0.870. The van der Waals surface area contributed by atoms with Crippen molar-refractivity contribution in [3.05, 3.63) is 28.2 Å². The molecule has 82 valence electrons. The highest BCUT2D eigenvalue weighted by atomic mass is 79.9. The van der Waals surface area contributed by atoms with E-state index >= 15 is 0 Å². The molecule has 0 fully saturated rings. The van der Waals surface area contributed by atoms with Gasteiger partial charge >= 0.3 is 0 Å². The van der Waals surface area contributed by atoms with E-state index in [9.17, 15) is 9.90 Å².